The van der Waals surface area contributed by atoms with Crippen molar-refractivity contribution in [1.82, 2.24) is 74.0 Å². The van der Waals surface area contributed by atoms with Crippen molar-refractivity contribution in [2.45, 2.75) is 258 Å². The number of allylic oxidation sites excluding steroid dienone is 1. The summed E-state index contributed by atoms with van der Waals surface area (Å²) in [5.41, 5.74) is -0.792. The maximum Gasteiger partial charge on any atom is 0.410 e. The molecular weight excluding hydrogens is 1610 g/mol. The number of nitrogens with zero attached hydrogens (tertiary/aromatic N) is 1. The van der Waals surface area contributed by atoms with Crippen LogP contribution in [0.25, 0.3) is 0 Å². The van der Waals surface area contributed by atoms with Crippen molar-refractivity contribution >= 4 is 119 Å². The van der Waals surface area contributed by atoms with Crippen molar-refractivity contribution in [2.75, 3.05) is 78.7 Å². The molecule has 6 unspecified atom stereocenters. The minimum atomic E-state index is -2.99. The van der Waals surface area contributed by atoms with Gasteiger partial charge in [0.15, 0.2) is 12.1 Å². The number of esters is 4. The number of amides is 13. The van der Waals surface area contributed by atoms with Crippen LogP contribution >= 0.6 is 11.6 Å². The summed E-state index contributed by atoms with van der Waals surface area (Å²) >= 11 is 6.03. The van der Waals surface area contributed by atoms with Gasteiger partial charge in [-0.15, -0.1) is 11.6 Å². The van der Waals surface area contributed by atoms with E-state index in [9.17, 15) is 102 Å². The first-order valence-corrected chi connectivity index (χ1v) is 40.6. The van der Waals surface area contributed by atoms with E-state index in [0.29, 0.717) is 25.9 Å². The number of cyclic esters (lactones) is 1. The number of unbranched alkanes of at least 4 members (excludes halogenated alkanes) is 9. The Balaban J connectivity index is 4.59. The molecule has 12 atom stereocenters. The molecule has 1 aliphatic rings. The molecule has 0 aromatic rings. The number of ether oxygens (including phenoxy) is 7. The number of carboxylic acids is 1. The van der Waals surface area contributed by atoms with E-state index in [0.717, 1.165) is 57.9 Å². The molecule has 1 fully saturated rings. The summed E-state index contributed by atoms with van der Waals surface area (Å²) in [4.78, 5) is 249. The van der Waals surface area contributed by atoms with Gasteiger partial charge in [-0.1, -0.05) is 126 Å². The minimum Gasteiger partial charge on any atom is -0.479 e. The fourth-order valence-electron chi connectivity index (χ4n) is 10.8. The molecule has 0 spiro atoms. The summed E-state index contributed by atoms with van der Waals surface area (Å²) in [5.74, 6) is -22.8. The Labute approximate surface area is 701 Å². The van der Waals surface area contributed by atoms with Crippen LogP contribution in [0.2, 0.25) is 0 Å². The van der Waals surface area contributed by atoms with Crippen LogP contribution in [0.5, 0.6) is 0 Å². The molecule has 0 saturated carbocycles. The first kappa shape index (κ1) is 108. The van der Waals surface area contributed by atoms with Crippen molar-refractivity contribution < 1.29 is 145 Å². The largest absolute Gasteiger partial charge is 0.479 e. The molecule has 45 heteroatoms. The van der Waals surface area contributed by atoms with Crippen LogP contribution in [-0.2, 0) is 105 Å². The quantitative estimate of drug-likeness (QED) is 0.00782. The minimum absolute atomic E-state index is 0.0765. The number of aliphatic carboxylic acids is 1. The number of aliphatic hydroxyl groups excluding tert-OH is 4. The van der Waals surface area contributed by atoms with Crippen molar-refractivity contribution in [3.8, 4) is 0 Å². The number of nitrogens with one attached hydrogen (secondary N) is 13. The van der Waals surface area contributed by atoms with Gasteiger partial charge >= 0.3 is 48.1 Å². The number of rotatable bonds is 45. The number of hydrogen-bond acceptors (Lipinski definition) is 30. The molecule has 0 aromatic carbocycles. The molecule has 18 N–H and O–H groups in total. The summed E-state index contributed by atoms with van der Waals surface area (Å²) in [6.07, 6.45) is -7.00. The second-order valence-electron chi connectivity index (χ2n) is 28.8. The summed E-state index contributed by atoms with van der Waals surface area (Å²) in [6, 6.07) is -17.8. The molecule has 13 amide bonds. The number of alkyl carbamates (subject to hydrolysis) is 3. The van der Waals surface area contributed by atoms with E-state index in [1.807, 2.05) is 24.1 Å². The number of halogens is 1. The Kier molecular flexibility index (Phi) is 54.0. The van der Waals surface area contributed by atoms with Gasteiger partial charge in [-0.3, -0.25) is 62.3 Å². The fourth-order valence-corrected chi connectivity index (χ4v) is 10.9. The standard InChI is InChI=1S/C75H125ClN14O30/c1-12-16-17-18-19-20-21-22-23-26-46(92)35-55(95)81-52-38-114-72(110)57(53(93)37-76)88-60(97)47(13-2)82-66(103)56(45(11)91)87-63(100)50(29-32-80-75(113)120-41-117-71(109)44(9)10)85-67(104)58(59(96)68(105)106)89-62(99)48(27-24-25-30-78-73(111)118-39-115-69(107)42(5)6)83-64(101)51(36-54(94)77-33-34-90(14-3)15-4)86-61(98)49(84-65(52)102)28-31-79-74(112)119-40-116-70(108)43(7)8/h13,42-46,48-53,56-59,91-93,96H,12,14-41H2,1-11H3,(H,77,94)(H,78,111)(H,79,112)(H,80,113)(H,81,95)(H,82,103)(H,83,101)(H,84,102)(H,85,104)(H,86,98)(H,87,100)(H,88,97)(H,89,99)(H,105,106)/b47-13+/t45-,46+,48?,49?,50-,51-,52?,53+,56?,57?,58?,59-/m0/s1. The highest BCUT2D eigenvalue weighted by atomic mass is 35.5. The molecule has 1 aliphatic heterocycles. The lowest BCUT2D eigenvalue weighted by Crippen LogP contribution is -2.63. The average molecular weight is 1740 g/mol. The molecule has 0 aromatic heterocycles. The van der Waals surface area contributed by atoms with Gasteiger partial charge in [0.1, 0.15) is 54.6 Å². The van der Waals surface area contributed by atoms with Gasteiger partial charge in [0.2, 0.25) is 73.5 Å². The van der Waals surface area contributed by atoms with Gasteiger partial charge in [0, 0.05) is 32.7 Å². The number of likely N-dealkylation sites (N-methyl/N-ethyl adjacent to an activating group) is 1. The lowest BCUT2D eigenvalue weighted by molar-refractivity contribution is -0.156. The van der Waals surface area contributed by atoms with E-state index in [4.69, 9.17) is 44.8 Å². The van der Waals surface area contributed by atoms with Crippen LogP contribution in [0.3, 0.4) is 0 Å². The zero-order chi connectivity index (χ0) is 90.6. The summed E-state index contributed by atoms with van der Waals surface area (Å²) < 4.78 is 34.7. The molecule has 44 nitrogen and oxygen atoms in total. The summed E-state index contributed by atoms with van der Waals surface area (Å²) in [7, 11) is 0. The third-order valence-corrected chi connectivity index (χ3v) is 18.3. The first-order chi connectivity index (χ1) is 56.7. The van der Waals surface area contributed by atoms with E-state index < -0.39 is 281 Å². The Morgan fingerprint density at radius 3 is 1.43 bits per heavy atom. The molecule has 0 radical (unpaired) electrons. The SMILES string of the molecule is C/C=C1/NC(=O)C([C@H](C)O)NC(=O)[C@H](CCNC(=O)OCOC(=O)C(C)C)NC(=O)C([C@H](O)C(=O)O)NC(=O)C(CCCCNC(=O)OCOC(=O)C(C)C)NC(=O)[C@H](CC(=O)NCCN(CC)CC)NC(=O)C(CCNC(=O)OCOC(=O)C(C)C)NC(=O)C(NC(=O)C[C@H](O)CCCCCCCCCCC)COC(=O)C([C@H](O)CCl)NC1=O. The Bertz CT molecular complexity index is 3370. The maximum absolute atomic E-state index is 15.1. The van der Waals surface area contributed by atoms with E-state index in [2.05, 4.69) is 70.7 Å². The lowest BCUT2D eigenvalue weighted by atomic mass is 10.0. The molecule has 120 heavy (non-hydrogen) atoms. The zero-order valence-corrected chi connectivity index (χ0v) is 70.8. The highest BCUT2D eigenvalue weighted by Crippen LogP contribution is 2.15. The average Bonchev–Trinajstić information content (AvgIpc) is 0.529. The smallest absolute Gasteiger partial charge is 0.410 e. The van der Waals surface area contributed by atoms with Crippen molar-refractivity contribution in [1.29, 1.82) is 0 Å². The Morgan fingerprint density at radius 1 is 0.500 bits per heavy atom. The van der Waals surface area contributed by atoms with E-state index >= 15 is 9.59 Å². The van der Waals surface area contributed by atoms with E-state index in [-0.39, 0.29) is 38.9 Å². The molecule has 682 valence electrons. The van der Waals surface area contributed by atoms with Crippen LogP contribution in [0.1, 0.15) is 185 Å². The van der Waals surface area contributed by atoms with Gasteiger partial charge in [-0.05, 0) is 65.5 Å². The van der Waals surface area contributed by atoms with Crippen LogP contribution in [0, 0.1) is 17.8 Å². The van der Waals surface area contributed by atoms with Crippen molar-refractivity contribution in [3.05, 3.63) is 11.8 Å². The van der Waals surface area contributed by atoms with Crippen LogP contribution < -0.4 is 69.1 Å². The second-order valence-corrected chi connectivity index (χ2v) is 29.1. The maximum atomic E-state index is 15.1. The Hall–Kier alpha value is -10.3. The van der Waals surface area contributed by atoms with E-state index in [1.165, 1.54) is 48.5 Å². The summed E-state index contributed by atoms with van der Waals surface area (Å²) in [5, 5.41) is 84.1. The first-order valence-electron chi connectivity index (χ1n) is 40.0. The van der Waals surface area contributed by atoms with Gasteiger partial charge in [0.25, 0.3) is 5.91 Å². The highest BCUT2D eigenvalue weighted by molar-refractivity contribution is 6.18. The molecule has 1 rings (SSSR count). The second kappa shape index (κ2) is 60.2. The molecule has 0 bridgehead atoms. The van der Waals surface area contributed by atoms with Gasteiger partial charge in [0.05, 0.1) is 54.8 Å². The van der Waals surface area contributed by atoms with Gasteiger partial charge in [-0.2, -0.15) is 0 Å². The van der Waals surface area contributed by atoms with Crippen LogP contribution in [0.4, 0.5) is 14.4 Å². The number of carbonyl (C=O) groups excluding carboxylic acids is 17. The predicted molar refractivity (Wildman–Crippen MR) is 422 cm³/mol. The van der Waals surface area contributed by atoms with Gasteiger partial charge < -0.3 is 133 Å². The topological polar surface area (TPSA) is 633 Å². The van der Waals surface area contributed by atoms with Crippen molar-refractivity contribution in [3.63, 3.8) is 0 Å². The number of carbonyl (C=O) groups is 18. The summed E-state index contributed by atoms with van der Waals surface area (Å²) in [6.45, 7) is 12.5. The molecule has 0 aliphatic carbocycles. The highest BCUT2D eigenvalue weighted by Gasteiger charge is 2.41. The molecule has 1 saturated heterocycles. The molecular formula is C75H125ClN14O30. The lowest BCUT2D eigenvalue weighted by Gasteiger charge is -2.29. The number of aliphatic hydroxyl groups is 4. The van der Waals surface area contributed by atoms with Gasteiger partial charge in [-0.25, -0.2) is 24.0 Å². The zero-order valence-electron chi connectivity index (χ0n) is 70.0. The monoisotopic (exact) mass is 1740 g/mol. The van der Waals surface area contributed by atoms with Crippen LogP contribution in [0.15, 0.2) is 11.8 Å². The predicted octanol–water partition coefficient (Wildman–Crippen LogP) is -2.01. The molecule has 1 heterocycles. The van der Waals surface area contributed by atoms with Crippen LogP contribution in [-0.4, -0.2) is 289 Å². The van der Waals surface area contributed by atoms with Crippen molar-refractivity contribution in [2.24, 2.45) is 17.8 Å². The normalized spacial score (nSPS) is 20.3. The van der Waals surface area contributed by atoms with E-state index in [1.54, 1.807) is 0 Å². The third-order valence-electron chi connectivity index (χ3n) is 17.9. The Morgan fingerprint density at radius 2 is 0.950 bits per heavy atom. The fraction of sp³-hybridized carbons (Fsp3) is 0.733. The number of alkyl halides is 1. The third kappa shape index (κ3) is 44.7. The number of carboxylic acid groups (broad SMARTS) is 1. The number of hydrogen-bond donors (Lipinski definition) is 18.